The van der Waals surface area contributed by atoms with Gasteiger partial charge in [-0.1, -0.05) is 36.4 Å². The lowest BCUT2D eigenvalue weighted by Crippen LogP contribution is -2.29. The first-order valence-corrected chi connectivity index (χ1v) is 8.96. The minimum Gasteiger partial charge on any atom is -0.484 e. The van der Waals surface area contributed by atoms with Crippen LogP contribution in [0, 0.1) is 11.3 Å². The summed E-state index contributed by atoms with van der Waals surface area (Å²) in [5, 5.41) is 16.7. The van der Waals surface area contributed by atoms with Gasteiger partial charge in [-0.2, -0.15) is 10.4 Å². The zero-order chi connectivity index (χ0) is 19.8. The van der Waals surface area contributed by atoms with Crippen LogP contribution in [0.3, 0.4) is 0 Å². The molecule has 0 saturated carbocycles. The van der Waals surface area contributed by atoms with Gasteiger partial charge in [-0.05, 0) is 37.1 Å². The third-order valence-electron chi connectivity index (χ3n) is 4.13. The number of aryl methyl sites for hydroxylation is 1. The molecule has 0 unspecified atom stereocenters. The molecule has 0 bridgehead atoms. The SMILES string of the molecule is N#Cc1c(CCCNC(=O)COc2ccccc2)nn(-c2ccccc2)c1N. The van der Waals surface area contributed by atoms with E-state index in [1.807, 2.05) is 48.5 Å². The number of nitrogens with one attached hydrogen (secondary N) is 1. The Balaban J connectivity index is 1.51. The summed E-state index contributed by atoms with van der Waals surface area (Å²) >= 11 is 0. The molecule has 1 amide bonds. The van der Waals surface area contributed by atoms with E-state index in [2.05, 4.69) is 16.5 Å². The van der Waals surface area contributed by atoms with Gasteiger partial charge in [0.25, 0.3) is 5.91 Å². The molecule has 0 saturated heterocycles. The summed E-state index contributed by atoms with van der Waals surface area (Å²) in [6, 6.07) is 20.7. The van der Waals surface area contributed by atoms with Crippen molar-refractivity contribution in [3.63, 3.8) is 0 Å². The standard InChI is InChI=1S/C21H21N5O2/c22-14-18-19(25-26(21(18)23)16-8-3-1-4-9-16)12-7-13-24-20(27)15-28-17-10-5-2-6-11-17/h1-6,8-11H,7,12-13,15,23H2,(H,24,27). The van der Waals surface area contributed by atoms with Crippen molar-refractivity contribution in [3.8, 4) is 17.5 Å². The minimum atomic E-state index is -0.196. The van der Waals surface area contributed by atoms with Crippen molar-refractivity contribution in [2.45, 2.75) is 12.8 Å². The number of ether oxygens (including phenoxy) is 1. The molecule has 28 heavy (non-hydrogen) atoms. The number of rotatable bonds is 8. The molecule has 0 aliphatic heterocycles. The van der Waals surface area contributed by atoms with Crippen molar-refractivity contribution in [2.24, 2.45) is 0 Å². The van der Waals surface area contributed by atoms with Crippen molar-refractivity contribution in [2.75, 3.05) is 18.9 Å². The number of nitrogens with zero attached hydrogens (tertiary/aromatic N) is 3. The van der Waals surface area contributed by atoms with Crippen molar-refractivity contribution >= 4 is 11.7 Å². The number of nitriles is 1. The number of nitrogen functional groups attached to an aromatic ring is 1. The fourth-order valence-corrected chi connectivity index (χ4v) is 2.74. The summed E-state index contributed by atoms with van der Waals surface area (Å²) in [4.78, 5) is 11.9. The number of carbonyl (C=O) groups is 1. The van der Waals surface area contributed by atoms with Gasteiger partial charge in [-0.3, -0.25) is 4.79 Å². The van der Waals surface area contributed by atoms with Crippen LogP contribution in [0.15, 0.2) is 60.7 Å². The summed E-state index contributed by atoms with van der Waals surface area (Å²) in [5.41, 5.74) is 7.89. The predicted octanol–water partition coefficient (Wildman–Crippen LogP) is 2.45. The third-order valence-corrected chi connectivity index (χ3v) is 4.13. The maximum Gasteiger partial charge on any atom is 0.257 e. The summed E-state index contributed by atoms with van der Waals surface area (Å²) in [6.45, 7) is 0.420. The van der Waals surface area contributed by atoms with E-state index in [1.165, 1.54) is 0 Å². The Morgan fingerprint density at radius 1 is 1.14 bits per heavy atom. The van der Waals surface area contributed by atoms with Gasteiger partial charge in [0.1, 0.15) is 23.2 Å². The smallest absolute Gasteiger partial charge is 0.257 e. The Hall–Kier alpha value is -3.79. The Morgan fingerprint density at radius 2 is 1.82 bits per heavy atom. The Labute approximate surface area is 163 Å². The molecule has 0 aliphatic rings. The maximum atomic E-state index is 11.9. The fraction of sp³-hybridized carbons (Fsp3) is 0.190. The minimum absolute atomic E-state index is 0.0386. The molecule has 142 valence electrons. The molecule has 0 fully saturated rings. The first-order valence-electron chi connectivity index (χ1n) is 8.96. The fourth-order valence-electron chi connectivity index (χ4n) is 2.74. The van der Waals surface area contributed by atoms with Crippen LogP contribution in [0.5, 0.6) is 5.75 Å². The van der Waals surface area contributed by atoms with Crippen molar-refractivity contribution in [1.82, 2.24) is 15.1 Å². The van der Waals surface area contributed by atoms with Gasteiger partial charge in [0.05, 0.1) is 11.4 Å². The number of carbonyl (C=O) groups excluding carboxylic acids is 1. The molecule has 3 rings (SSSR count). The number of para-hydroxylation sites is 2. The average Bonchev–Trinajstić information content (AvgIpc) is 3.06. The molecular formula is C21H21N5O2. The number of hydrogen-bond acceptors (Lipinski definition) is 5. The molecule has 0 aliphatic carbocycles. The third kappa shape index (κ3) is 4.68. The Morgan fingerprint density at radius 3 is 2.50 bits per heavy atom. The Bertz CT molecular complexity index is 962. The van der Waals surface area contributed by atoms with Crippen LogP contribution in [-0.2, 0) is 11.2 Å². The van der Waals surface area contributed by atoms with Crippen LogP contribution in [0.4, 0.5) is 5.82 Å². The first kappa shape index (κ1) is 19.0. The second-order valence-corrected chi connectivity index (χ2v) is 6.12. The van der Waals surface area contributed by atoms with Crippen LogP contribution >= 0.6 is 0 Å². The van der Waals surface area contributed by atoms with Gasteiger partial charge in [0, 0.05) is 6.54 Å². The second kappa shape index (κ2) is 9.24. The van der Waals surface area contributed by atoms with E-state index in [0.717, 1.165) is 5.69 Å². The maximum absolute atomic E-state index is 11.9. The summed E-state index contributed by atoms with van der Waals surface area (Å²) < 4.78 is 6.97. The van der Waals surface area contributed by atoms with Crippen LogP contribution < -0.4 is 15.8 Å². The second-order valence-electron chi connectivity index (χ2n) is 6.12. The lowest BCUT2D eigenvalue weighted by Gasteiger charge is -2.07. The molecule has 7 heteroatoms. The predicted molar refractivity (Wildman–Crippen MR) is 106 cm³/mol. The van der Waals surface area contributed by atoms with E-state index in [9.17, 15) is 10.1 Å². The average molecular weight is 375 g/mol. The highest BCUT2D eigenvalue weighted by Gasteiger charge is 2.16. The van der Waals surface area contributed by atoms with Crippen LogP contribution in [0.1, 0.15) is 17.7 Å². The summed E-state index contributed by atoms with van der Waals surface area (Å²) in [6.07, 6.45) is 1.17. The molecule has 1 heterocycles. The molecule has 7 nitrogen and oxygen atoms in total. The molecule has 0 radical (unpaired) electrons. The quantitative estimate of drug-likeness (QED) is 0.588. The normalized spacial score (nSPS) is 10.2. The van der Waals surface area contributed by atoms with Gasteiger partial charge < -0.3 is 15.8 Å². The molecule has 1 aromatic heterocycles. The zero-order valence-corrected chi connectivity index (χ0v) is 15.3. The van der Waals surface area contributed by atoms with Crippen LogP contribution in [0.2, 0.25) is 0 Å². The highest BCUT2D eigenvalue weighted by molar-refractivity contribution is 5.77. The van der Waals surface area contributed by atoms with Crippen molar-refractivity contribution in [3.05, 3.63) is 71.9 Å². The summed E-state index contributed by atoms with van der Waals surface area (Å²) in [5.74, 6) is 0.779. The molecule has 0 atom stereocenters. The lowest BCUT2D eigenvalue weighted by atomic mass is 10.1. The largest absolute Gasteiger partial charge is 0.484 e. The highest BCUT2D eigenvalue weighted by atomic mass is 16.5. The van der Waals surface area contributed by atoms with Crippen molar-refractivity contribution in [1.29, 1.82) is 5.26 Å². The molecule has 0 spiro atoms. The van der Waals surface area contributed by atoms with E-state index in [1.54, 1.807) is 16.8 Å². The van der Waals surface area contributed by atoms with Crippen molar-refractivity contribution < 1.29 is 9.53 Å². The molecule has 2 aromatic carbocycles. The lowest BCUT2D eigenvalue weighted by molar-refractivity contribution is -0.123. The first-order chi connectivity index (χ1) is 13.7. The molecular weight excluding hydrogens is 354 g/mol. The monoisotopic (exact) mass is 375 g/mol. The number of hydrogen-bond donors (Lipinski definition) is 2. The van der Waals surface area contributed by atoms with E-state index < -0.39 is 0 Å². The number of benzene rings is 2. The number of nitrogens with two attached hydrogens (primary N) is 1. The van der Waals surface area contributed by atoms with Crippen LogP contribution in [0.25, 0.3) is 5.69 Å². The number of aromatic nitrogens is 2. The molecule has 3 N–H and O–H groups in total. The van der Waals surface area contributed by atoms with Gasteiger partial charge in [-0.15, -0.1) is 0 Å². The van der Waals surface area contributed by atoms with E-state index in [-0.39, 0.29) is 12.5 Å². The zero-order valence-electron chi connectivity index (χ0n) is 15.3. The number of amides is 1. The van der Waals surface area contributed by atoms with Gasteiger partial charge >= 0.3 is 0 Å². The molecule has 3 aromatic rings. The topological polar surface area (TPSA) is 106 Å². The van der Waals surface area contributed by atoms with E-state index >= 15 is 0 Å². The van der Waals surface area contributed by atoms with Gasteiger partial charge in [0.2, 0.25) is 0 Å². The van der Waals surface area contributed by atoms with E-state index in [4.69, 9.17) is 10.5 Å². The van der Waals surface area contributed by atoms with E-state index in [0.29, 0.717) is 42.2 Å². The Kier molecular flexibility index (Phi) is 6.26. The van der Waals surface area contributed by atoms with Crippen LogP contribution in [-0.4, -0.2) is 28.8 Å². The summed E-state index contributed by atoms with van der Waals surface area (Å²) in [7, 11) is 0. The highest BCUT2D eigenvalue weighted by Crippen LogP contribution is 2.21. The van der Waals surface area contributed by atoms with Gasteiger partial charge in [0.15, 0.2) is 6.61 Å². The van der Waals surface area contributed by atoms with Gasteiger partial charge in [-0.25, -0.2) is 4.68 Å². The number of anilines is 1.